The minimum atomic E-state index is -0.596. The highest BCUT2D eigenvalue weighted by atomic mass is 16.7. The highest BCUT2D eigenvalue weighted by molar-refractivity contribution is 6.20. The largest absolute Gasteiger partial charge is 0.493 e. The van der Waals surface area contributed by atoms with E-state index in [9.17, 15) is 14.4 Å². The van der Waals surface area contributed by atoms with Crippen molar-refractivity contribution < 1.29 is 24.0 Å². The summed E-state index contributed by atoms with van der Waals surface area (Å²) in [6.07, 6.45) is 1.35. The Hall–Kier alpha value is -3.15. The van der Waals surface area contributed by atoms with Crippen LogP contribution in [0.4, 0.5) is 0 Å². The summed E-state index contributed by atoms with van der Waals surface area (Å²) in [5.41, 5.74) is 1.19. The van der Waals surface area contributed by atoms with Gasteiger partial charge in [0.2, 0.25) is 0 Å². The van der Waals surface area contributed by atoms with Gasteiger partial charge in [-0.15, -0.1) is 0 Å². The Balaban J connectivity index is 1.38. The second-order valence-electron chi connectivity index (χ2n) is 6.87. The zero-order valence-electron chi connectivity index (χ0n) is 13.8. The molecule has 0 unspecified atom stereocenters. The topological polar surface area (TPSA) is 72.9 Å². The van der Waals surface area contributed by atoms with Crippen LogP contribution in [0.3, 0.4) is 0 Å². The number of amides is 2. The number of rotatable bonds is 2. The molecule has 2 amide bonds. The predicted octanol–water partition coefficient (Wildman–Crippen LogP) is 2.48. The van der Waals surface area contributed by atoms with Crippen molar-refractivity contribution in [2.24, 2.45) is 5.92 Å². The molecule has 2 heterocycles. The number of fused-ring (bicyclic) bond motifs is 3. The van der Waals surface area contributed by atoms with E-state index in [1.54, 1.807) is 24.3 Å². The van der Waals surface area contributed by atoms with Gasteiger partial charge < -0.3 is 9.57 Å². The molecule has 5 rings (SSSR count). The van der Waals surface area contributed by atoms with Crippen LogP contribution in [0.15, 0.2) is 48.5 Å². The van der Waals surface area contributed by atoms with Crippen LogP contribution < -0.4 is 4.74 Å². The zero-order chi connectivity index (χ0) is 17.9. The lowest BCUT2D eigenvalue weighted by atomic mass is 9.87. The third kappa shape index (κ3) is 1.95. The molecule has 26 heavy (non-hydrogen) atoms. The maximum Gasteiger partial charge on any atom is 0.337 e. The fourth-order valence-corrected chi connectivity index (χ4v) is 4.07. The van der Waals surface area contributed by atoms with E-state index in [4.69, 9.17) is 9.57 Å². The van der Waals surface area contributed by atoms with Crippen LogP contribution in [0, 0.1) is 5.92 Å². The van der Waals surface area contributed by atoms with Crippen molar-refractivity contribution in [2.75, 3.05) is 6.61 Å². The number of nitrogens with zero attached hydrogens (tertiary/aromatic N) is 1. The van der Waals surface area contributed by atoms with E-state index in [-0.39, 0.29) is 22.5 Å². The van der Waals surface area contributed by atoms with Crippen LogP contribution in [0.25, 0.3) is 0 Å². The van der Waals surface area contributed by atoms with Crippen LogP contribution >= 0.6 is 0 Å². The number of carbonyl (C=O) groups excluding carboxylic acids is 3. The number of imide groups is 1. The van der Waals surface area contributed by atoms with Crippen LogP contribution in [0.5, 0.6) is 5.75 Å². The second kappa shape index (κ2) is 5.17. The zero-order valence-corrected chi connectivity index (χ0v) is 13.8. The number of para-hydroxylation sites is 1. The third-order valence-corrected chi connectivity index (χ3v) is 5.53. The first-order valence-corrected chi connectivity index (χ1v) is 8.54. The molecule has 0 aromatic heterocycles. The molecular formula is C20H15NO5. The van der Waals surface area contributed by atoms with Gasteiger partial charge in [0, 0.05) is 11.0 Å². The minimum Gasteiger partial charge on any atom is -0.493 e. The van der Waals surface area contributed by atoms with Gasteiger partial charge in [-0.25, -0.2) is 4.79 Å². The molecule has 2 aliphatic heterocycles. The van der Waals surface area contributed by atoms with Crippen molar-refractivity contribution in [3.05, 3.63) is 65.2 Å². The molecule has 2 aromatic rings. The fourth-order valence-electron chi connectivity index (χ4n) is 4.07. The molecule has 3 aliphatic rings. The van der Waals surface area contributed by atoms with Crippen molar-refractivity contribution >= 4 is 17.8 Å². The molecule has 6 nitrogen and oxygen atoms in total. The van der Waals surface area contributed by atoms with E-state index in [1.165, 1.54) is 0 Å². The molecule has 1 spiro atoms. The Bertz CT molecular complexity index is 933. The minimum absolute atomic E-state index is 0.257. The van der Waals surface area contributed by atoms with Crippen molar-refractivity contribution in [1.29, 1.82) is 0 Å². The van der Waals surface area contributed by atoms with E-state index in [2.05, 4.69) is 0 Å². The van der Waals surface area contributed by atoms with Crippen LogP contribution in [0.1, 0.15) is 39.1 Å². The van der Waals surface area contributed by atoms with Crippen molar-refractivity contribution in [3.63, 3.8) is 0 Å². The van der Waals surface area contributed by atoms with E-state index in [1.807, 2.05) is 24.3 Å². The highest BCUT2D eigenvalue weighted by Gasteiger charge is 2.62. The normalized spacial score (nSPS) is 25.5. The van der Waals surface area contributed by atoms with Crippen molar-refractivity contribution in [1.82, 2.24) is 5.06 Å². The quantitative estimate of drug-likeness (QED) is 0.779. The maximum absolute atomic E-state index is 12.7. The van der Waals surface area contributed by atoms with Crippen LogP contribution in [-0.4, -0.2) is 29.5 Å². The lowest BCUT2D eigenvalue weighted by molar-refractivity contribution is -0.170. The van der Waals surface area contributed by atoms with Gasteiger partial charge in [-0.05, 0) is 31.0 Å². The molecule has 1 aliphatic carbocycles. The van der Waals surface area contributed by atoms with E-state index in [0.717, 1.165) is 11.3 Å². The Morgan fingerprint density at radius 2 is 1.69 bits per heavy atom. The number of hydrogen-bond donors (Lipinski definition) is 0. The average molecular weight is 349 g/mol. The van der Waals surface area contributed by atoms with Crippen molar-refractivity contribution in [2.45, 2.75) is 18.3 Å². The molecule has 0 radical (unpaired) electrons. The number of hydroxylamine groups is 2. The molecule has 130 valence electrons. The standard InChI is InChI=1S/C20H15NO5/c22-17-12-5-1-2-6-13(12)18(23)21(17)26-19(24)15-11-20(15)9-10-25-16-8-4-3-7-14(16)20/h1-8,15H,9-11H2/t15-,20-/m1/s1. The molecule has 6 heteroatoms. The Morgan fingerprint density at radius 3 is 2.42 bits per heavy atom. The van der Waals surface area contributed by atoms with Crippen LogP contribution in [-0.2, 0) is 15.0 Å². The first-order chi connectivity index (χ1) is 12.6. The molecule has 1 fully saturated rings. The molecule has 1 saturated carbocycles. The van der Waals surface area contributed by atoms with Gasteiger partial charge in [0.05, 0.1) is 23.7 Å². The first-order valence-electron chi connectivity index (χ1n) is 8.54. The maximum atomic E-state index is 12.7. The van der Waals surface area contributed by atoms with E-state index in [0.29, 0.717) is 24.5 Å². The molecule has 2 atom stereocenters. The summed E-state index contributed by atoms with van der Waals surface area (Å²) in [4.78, 5) is 42.6. The predicted molar refractivity (Wildman–Crippen MR) is 89.4 cm³/mol. The van der Waals surface area contributed by atoms with Crippen molar-refractivity contribution in [3.8, 4) is 5.75 Å². The van der Waals surface area contributed by atoms with Gasteiger partial charge in [0.15, 0.2) is 0 Å². The number of benzene rings is 2. The fraction of sp³-hybridized carbons (Fsp3) is 0.250. The third-order valence-electron chi connectivity index (χ3n) is 5.53. The Morgan fingerprint density at radius 1 is 1.04 bits per heavy atom. The van der Waals surface area contributed by atoms with E-state index < -0.39 is 17.8 Å². The summed E-state index contributed by atoms with van der Waals surface area (Å²) in [7, 11) is 0. The van der Waals surface area contributed by atoms with Gasteiger partial charge in [0.25, 0.3) is 11.8 Å². The second-order valence-corrected chi connectivity index (χ2v) is 6.87. The SMILES string of the molecule is O=C(ON1C(=O)c2ccccc2C1=O)[C@H]1C[C@@]12CCOc1ccccc12. The molecule has 0 N–H and O–H groups in total. The summed E-state index contributed by atoms with van der Waals surface area (Å²) in [5, 5.41) is 0.588. The number of carbonyl (C=O) groups is 3. The van der Waals surface area contributed by atoms with Gasteiger partial charge >= 0.3 is 5.97 Å². The van der Waals surface area contributed by atoms with Gasteiger partial charge in [-0.1, -0.05) is 35.4 Å². The summed E-state index contributed by atoms with van der Waals surface area (Å²) in [5.74, 6) is -1.33. The summed E-state index contributed by atoms with van der Waals surface area (Å²) in [6, 6.07) is 14.1. The number of hydrogen-bond acceptors (Lipinski definition) is 5. The molecule has 0 bridgehead atoms. The van der Waals surface area contributed by atoms with E-state index >= 15 is 0 Å². The average Bonchev–Trinajstić information content (AvgIpc) is 3.34. The molecule has 2 aromatic carbocycles. The lowest BCUT2D eigenvalue weighted by Crippen LogP contribution is -2.34. The van der Waals surface area contributed by atoms with Gasteiger partial charge in [0.1, 0.15) is 5.75 Å². The number of ether oxygens (including phenoxy) is 1. The molecular weight excluding hydrogens is 334 g/mol. The molecule has 0 saturated heterocycles. The highest BCUT2D eigenvalue weighted by Crippen LogP contribution is 2.61. The summed E-state index contributed by atoms with van der Waals surface area (Å²) >= 11 is 0. The summed E-state index contributed by atoms with van der Waals surface area (Å²) in [6.45, 7) is 0.536. The lowest BCUT2D eigenvalue weighted by Gasteiger charge is -2.26. The smallest absolute Gasteiger partial charge is 0.337 e. The van der Waals surface area contributed by atoms with Gasteiger partial charge in [-0.3, -0.25) is 9.59 Å². The first kappa shape index (κ1) is 15.1. The Labute approximate surface area is 149 Å². The van der Waals surface area contributed by atoms with Gasteiger partial charge in [-0.2, -0.15) is 0 Å². The Kier molecular flexibility index (Phi) is 3.01. The monoisotopic (exact) mass is 349 g/mol. The van der Waals surface area contributed by atoms with Crippen LogP contribution in [0.2, 0.25) is 0 Å². The summed E-state index contributed by atoms with van der Waals surface area (Å²) < 4.78 is 5.67.